The first-order valence-corrected chi connectivity index (χ1v) is 7.40. The Labute approximate surface area is 127 Å². The maximum atomic E-state index is 12.0. The summed E-state index contributed by atoms with van der Waals surface area (Å²) >= 11 is 3.51. The van der Waals surface area contributed by atoms with Gasteiger partial charge >= 0.3 is 0 Å². The zero-order chi connectivity index (χ0) is 15.3. The van der Waals surface area contributed by atoms with Crippen molar-refractivity contribution in [1.82, 2.24) is 5.32 Å². The third kappa shape index (κ3) is 4.92. The number of halogens is 1. The maximum Gasteiger partial charge on any atom is 0.273 e. The highest BCUT2D eigenvalue weighted by atomic mass is 79.9. The second-order valence-electron chi connectivity index (χ2n) is 5.20. The highest BCUT2D eigenvalue weighted by Crippen LogP contribution is 2.19. The third-order valence-electron chi connectivity index (χ3n) is 2.88. The van der Waals surface area contributed by atoms with Crippen molar-refractivity contribution >= 4 is 27.5 Å². The number of rotatable bonds is 6. The van der Waals surface area contributed by atoms with E-state index in [1.807, 2.05) is 0 Å². The minimum atomic E-state index is -0.474. The predicted octanol–water partition coefficient (Wildman–Crippen LogP) is 3.44. The maximum absolute atomic E-state index is 12.0. The van der Waals surface area contributed by atoms with Gasteiger partial charge in [0.1, 0.15) is 0 Å². The number of hydrogen-bond acceptors (Lipinski definition) is 3. The first kappa shape index (κ1) is 16.6. The Bertz CT molecular complexity index is 503. The fourth-order valence-corrected chi connectivity index (χ4v) is 2.76. The Morgan fingerprint density at radius 3 is 2.65 bits per heavy atom. The van der Waals surface area contributed by atoms with Gasteiger partial charge in [0, 0.05) is 28.6 Å². The molecule has 0 radical (unpaired) electrons. The number of amides is 1. The van der Waals surface area contributed by atoms with Gasteiger partial charge in [0.2, 0.25) is 0 Å². The van der Waals surface area contributed by atoms with Crippen LogP contribution in [0.5, 0.6) is 0 Å². The number of nitrogens with one attached hydrogen (secondary N) is 1. The van der Waals surface area contributed by atoms with Crippen molar-refractivity contribution in [3.05, 3.63) is 39.4 Å². The molecule has 5 nitrogen and oxygen atoms in total. The molecule has 1 aromatic carbocycles. The number of carbonyl (C=O) groups excluding carboxylic acids is 1. The minimum absolute atomic E-state index is 0.0322. The van der Waals surface area contributed by atoms with E-state index in [1.165, 1.54) is 6.07 Å². The smallest absolute Gasteiger partial charge is 0.273 e. The normalized spacial score (nSPS) is 12.2. The predicted molar refractivity (Wildman–Crippen MR) is 82.3 cm³/mol. The van der Waals surface area contributed by atoms with Crippen molar-refractivity contribution in [3.8, 4) is 0 Å². The van der Waals surface area contributed by atoms with E-state index in [-0.39, 0.29) is 16.4 Å². The summed E-state index contributed by atoms with van der Waals surface area (Å²) in [5.74, 6) is 0.248. The summed E-state index contributed by atoms with van der Waals surface area (Å²) < 4.78 is 0. The van der Waals surface area contributed by atoms with Gasteiger partial charge in [0.15, 0.2) is 0 Å². The zero-order valence-corrected chi connectivity index (χ0v) is 13.4. The molecule has 1 unspecified atom stereocenters. The molecule has 0 bridgehead atoms. The van der Waals surface area contributed by atoms with Crippen LogP contribution in [0.15, 0.2) is 18.2 Å². The minimum Gasteiger partial charge on any atom is -0.351 e. The van der Waals surface area contributed by atoms with Crippen molar-refractivity contribution in [1.29, 1.82) is 0 Å². The van der Waals surface area contributed by atoms with Crippen molar-refractivity contribution < 1.29 is 9.72 Å². The molecule has 1 N–H and O–H groups in total. The van der Waals surface area contributed by atoms with Crippen molar-refractivity contribution in [2.24, 2.45) is 5.92 Å². The van der Waals surface area contributed by atoms with Crippen molar-refractivity contribution in [2.45, 2.75) is 32.0 Å². The lowest BCUT2D eigenvalue weighted by molar-refractivity contribution is -0.385. The van der Waals surface area contributed by atoms with E-state index >= 15 is 0 Å². The first-order chi connectivity index (χ1) is 9.31. The highest BCUT2D eigenvalue weighted by molar-refractivity contribution is 9.09. The molecule has 110 valence electrons. The Morgan fingerprint density at radius 1 is 1.45 bits per heavy atom. The van der Waals surface area contributed by atoms with Crippen LogP contribution in [0.1, 0.15) is 36.2 Å². The second kappa shape index (κ2) is 7.38. The van der Waals surface area contributed by atoms with E-state index in [2.05, 4.69) is 35.1 Å². The lowest BCUT2D eigenvalue weighted by Gasteiger charge is -2.13. The molecule has 0 heterocycles. The lowest BCUT2D eigenvalue weighted by Crippen LogP contribution is -2.30. The Kier molecular flexibility index (Phi) is 6.13. The number of nitro groups is 1. The number of hydrogen-bond donors (Lipinski definition) is 1. The molecule has 20 heavy (non-hydrogen) atoms. The standard InChI is InChI=1S/C14H19BrN2O3/c1-9(2)6-12(15)8-16-14(18)11-5-4-10(3)13(7-11)17(19)20/h4-5,7,9,12H,6,8H2,1-3H3,(H,16,18). The SMILES string of the molecule is Cc1ccc(C(=O)NCC(Br)CC(C)C)cc1[N+](=O)[O-]. The summed E-state index contributed by atoms with van der Waals surface area (Å²) in [6.45, 7) is 6.37. The van der Waals surface area contributed by atoms with E-state index in [0.717, 1.165) is 6.42 Å². The van der Waals surface area contributed by atoms with Crippen LogP contribution in [0.25, 0.3) is 0 Å². The number of nitrogens with zero attached hydrogens (tertiary/aromatic N) is 1. The van der Waals surface area contributed by atoms with Gasteiger partial charge in [-0.05, 0) is 25.3 Å². The molecule has 1 rings (SSSR count). The lowest BCUT2D eigenvalue weighted by atomic mass is 10.1. The summed E-state index contributed by atoms with van der Waals surface area (Å²) in [5.41, 5.74) is 0.825. The van der Waals surface area contributed by atoms with Crippen LogP contribution in [-0.2, 0) is 0 Å². The molecular weight excluding hydrogens is 324 g/mol. The third-order valence-corrected chi connectivity index (χ3v) is 3.58. The Morgan fingerprint density at radius 2 is 2.10 bits per heavy atom. The molecular formula is C14H19BrN2O3. The van der Waals surface area contributed by atoms with Gasteiger partial charge < -0.3 is 5.32 Å². The molecule has 1 aromatic rings. The van der Waals surface area contributed by atoms with Crippen LogP contribution in [0.2, 0.25) is 0 Å². The van der Waals surface area contributed by atoms with Crippen LogP contribution in [0.3, 0.4) is 0 Å². The van der Waals surface area contributed by atoms with Gasteiger partial charge in [-0.15, -0.1) is 0 Å². The number of benzene rings is 1. The molecule has 0 saturated heterocycles. The van der Waals surface area contributed by atoms with Crippen molar-refractivity contribution in [3.63, 3.8) is 0 Å². The number of aryl methyl sites for hydroxylation is 1. The molecule has 0 aliphatic heterocycles. The summed E-state index contributed by atoms with van der Waals surface area (Å²) in [7, 11) is 0. The molecule has 0 aromatic heterocycles. The van der Waals surface area contributed by atoms with Gasteiger partial charge in [-0.3, -0.25) is 14.9 Å². The number of nitro benzene ring substituents is 1. The van der Waals surface area contributed by atoms with Crippen LogP contribution in [0, 0.1) is 23.0 Å². The van der Waals surface area contributed by atoms with E-state index in [1.54, 1.807) is 19.1 Å². The number of alkyl halides is 1. The average Bonchev–Trinajstić information content (AvgIpc) is 2.35. The number of carbonyl (C=O) groups is 1. The average molecular weight is 343 g/mol. The molecule has 0 fully saturated rings. The molecule has 6 heteroatoms. The van der Waals surface area contributed by atoms with E-state index < -0.39 is 4.92 Å². The van der Waals surface area contributed by atoms with Crippen LogP contribution >= 0.6 is 15.9 Å². The van der Waals surface area contributed by atoms with Crippen molar-refractivity contribution in [2.75, 3.05) is 6.54 Å². The first-order valence-electron chi connectivity index (χ1n) is 6.48. The molecule has 0 aliphatic carbocycles. The second-order valence-corrected chi connectivity index (χ2v) is 6.49. The summed E-state index contributed by atoms with van der Waals surface area (Å²) in [6.07, 6.45) is 0.953. The van der Waals surface area contributed by atoms with Gasteiger partial charge in [-0.25, -0.2) is 0 Å². The molecule has 1 atom stereocenters. The molecule has 0 saturated carbocycles. The fourth-order valence-electron chi connectivity index (χ4n) is 1.85. The Hall–Kier alpha value is -1.43. The van der Waals surface area contributed by atoms with E-state index in [9.17, 15) is 14.9 Å². The largest absolute Gasteiger partial charge is 0.351 e. The van der Waals surface area contributed by atoms with Gasteiger partial charge in [-0.2, -0.15) is 0 Å². The van der Waals surface area contributed by atoms with E-state index in [4.69, 9.17) is 0 Å². The quantitative estimate of drug-likeness (QED) is 0.489. The molecule has 1 amide bonds. The zero-order valence-electron chi connectivity index (χ0n) is 11.9. The van der Waals surface area contributed by atoms with Gasteiger partial charge in [0.25, 0.3) is 11.6 Å². The van der Waals surface area contributed by atoms with Crippen LogP contribution in [0.4, 0.5) is 5.69 Å². The van der Waals surface area contributed by atoms with Gasteiger partial charge in [0.05, 0.1) is 4.92 Å². The Balaban J connectivity index is 2.69. The summed E-state index contributed by atoms with van der Waals surface area (Å²) in [4.78, 5) is 22.5. The summed E-state index contributed by atoms with van der Waals surface area (Å²) in [5, 5.41) is 13.6. The molecule has 0 spiro atoms. The fraction of sp³-hybridized carbons (Fsp3) is 0.500. The molecule has 0 aliphatic rings. The monoisotopic (exact) mass is 342 g/mol. The van der Waals surface area contributed by atoms with Gasteiger partial charge in [-0.1, -0.05) is 35.8 Å². The van der Waals surface area contributed by atoms with Crippen LogP contribution in [-0.4, -0.2) is 22.2 Å². The van der Waals surface area contributed by atoms with Crippen LogP contribution < -0.4 is 5.32 Å². The topological polar surface area (TPSA) is 72.2 Å². The highest BCUT2D eigenvalue weighted by Gasteiger charge is 2.15. The summed E-state index contributed by atoms with van der Waals surface area (Å²) in [6, 6.07) is 4.51. The van der Waals surface area contributed by atoms with E-state index in [0.29, 0.717) is 23.6 Å².